The van der Waals surface area contributed by atoms with E-state index in [0.29, 0.717) is 0 Å². The molecule has 3 nitrogen and oxygen atoms in total. The van der Waals surface area contributed by atoms with Crippen molar-refractivity contribution in [2.45, 2.75) is 26.0 Å². The number of benzene rings is 1. The summed E-state index contributed by atoms with van der Waals surface area (Å²) in [6, 6.07) is 3.98. The fraction of sp³-hybridized carbons (Fsp3) is 0.455. The number of aryl methyl sites for hydroxylation is 1. The maximum atomic E-state index is 6.00. The van der Waals surface area contributed by atoms with Crippen LogP contribution in [-0.2, 0) is 0 Å². The molecule has 0 saturated carbocycles. The number of hydrogen-bond acceptors (Lipinski definition) is 3. The summed E-state index contributed by atoms with van der Waals surface area (Å²) in [5.74, 6) is 1.58. The van der Waals surface area contributed by atoms with Crippen molar-refractivity contribution in [3.05, 3.63) is 23.3 Å². The second-order valence-corrected chi connectivity index (χ2v) is 3.73. The standard InChI is InChI=1S/C11H15NO2/c1-6-4-8-10(12)7(2)14-11(8)9(5-6)13-3/h4-5,7,10H,12H2,1-3H3. The lowest BCUT2D eigenvalue weighted by Crippen LogP contribution is -2.21. The highest BCUT2D eigenvalue weighted by molar-refractivity contribution is 5.53. The monoisotopic (exact) mass is 193 g/mol. The molecule has 0 aromatic heterocycles. The number of ether oxygens (including phenoxy) is 2. The number of fused-ring (bicyclic) bond motifs is 1. The highest BCUT2D eigenvalue weighted by Gasteiger charge is 2.30. The zero-order valence-electron chi connectivity index (χ0n) is 8.70. The molecule has 2 atom stereocenters. The Hall–Kier alpha value is -1.22. The van der Waals surface area contributed by atoms with E-state index in [0.717, 1.165) is 22.6 Å². The van der Waals surface area contributed by atoms with E-state index in [2.05, 4.69) is 6.07 Å². The molecule has 1 aromatic carbocycles. The molecule has 0 bridgehead atoms. The lowest BCUT2D eigenvalue weighted by atomic mass is 10.0. The minimum absolute atomic E-state index is 0.0284. The van der Waals surface area contributed by atoms with Gasteiger partial charge in [-0.3, -0.25) is 0 Å². The quantitative estimate of drug-likeness (QED) is 0.739. The number of nitrogens with two attached hydrogens (primary N) is 1. The molecular weight excluding hydrogens is 178 g/mol. The Morgan fingerprint density at radius 1 is 1.43 bits per heavy atom. The molecule has 0 saturated heterocycles. The maximum absolute atomic E-state index is 6.00. The van der Waals surface area contributed by atoms with Gasteiger partial charge in [-0.15, -0.1) is 0 Å². The molecule has 0 aliphatic carbocycles. The molecule has 2 rings (SSSR count). The fourth-order valence-corrected chi connectivity index (χ4v) is 1.80. The summed E-state index contributed by atoms with van der Waals surface area (Å²) in [5.41, 5.74) is 8.20. The summed E-state index contributed by atoms with van der Waals surface area (Å²) in [6.45, 7) is 4.00. The van der Waals surface area contributed by atoms with Gasteiger partial charge in [0.1, 0.15) is 6.10 Å². The van der Waals surface area contributed by atoms with Crippen molar-refractivity contribution < 1.29 is 9.47 Å². The zero-order valence-corrected chi connectivity index (χ0v) is 8.70. The Morgan fingerprint density at radius 3 is 2.79 bits per heavy atom. The Bertz CT molecular complexity index is 363. The van der Waals surface area contributed by atoms with Crippen LogP contribution in [0.25, 0.3) is 0 Å². The van der Waals surface area contributed by atoms with E-state index in [-0.39, 0.29) is 12.1 Å². The van der Waals surface area contributed by atoms with Gasteiger partial charge in [0.15, 0.2) is 11.5 Å². The van der Waals surface area contributed by atoms with Gasteiger partial charge in [0.25, 0.3) is 0 Å². The van der Waals surface area contributed by atoms with Gasteiger partial charge in [-0.1, -0.05) is 6.07 Å². The van der Waals surface area contributed by atoms with Crippen LogP contribution in [0.2, 0.25) is 0 Å². The first-order valence-corrected chi connectivity index (χ1v) is 4.74. The van der Waals surface area contributed by atoms with Crippen molar-refractivity contribution in [1.29, 1.82) is 0 Å². The van der Waals surface area contributed by atoms with Crippen LogP contribution in [0.5, 0.6) is 11.5 Å². The maximum Gasteiger partial charge on any atom is 0.166 e. The summed E-state index contributed by atoms with van der Waals surface area (Å²) < 4.78 is 10.9. The molecule has 1 aliphatic heterocycles. The van der Waals surface area contributed by atoms with E-state index in [9.17, 15) is 0 Å². The molecule has 2 unspecified atom stereocenters. The third kappa shape index (κ3) is 1.24. The molecule has 14 heavy (non-hydrogen) atoms. The van der Waals surface area contributed by atoms with Gasteiger partial charge in [-0.2, -0.15) is 0 Å². The summed E-state index contributed by atoms with van der Waals surface area (Å²) in [5, 5.41) is 0. The topological polar surface area (TPSA) is 44.5 Å². The minimum Gasteiger partial charge on any atom is -0.493 e. The molecule has 1 heterocycles. The van der Waals surface area contributed by atoms with Crippen molar-refractivity contribution in [2.75, 3.05) is 7.11 Å². The summed E-state index contributed by atoms with van der Waals surface area (Å²) in [7, 11) is 1.65. The number of rotatable bonds is 1. The highest BCUT2D eigenvalue weighted by atomic mass is 16.5. The molecule has 1 aliphatic rings. The first-order valence-electron chi connectivity index (χ1n) is 4.74. The fourth-order valence-electron chi connectivity index (χ4n) is 1.80. The average Bonchev–Trinajstić information content (AvgIpc) is 2.43. The second kappa shape index (κ2) is 3.17. The SMILES string of the molecule is COc1cc(C)cc2c1OC(C)C2N. The third-order valence-electron chi connectivity index (χ3n) is 2.62. The Morgan fingerprint density at radius 2 is 2.14 bits per heavy atom. The lowest BCUT2D eigenvalue weighted by Gasteiger charge is -2.08. The van der Waals surface area contributed by atoms with Crippen LogP contribution in [0, 0.1) is 6.92 Å². The van der Waals surface area contributed by atoms with Crippen molar-refractivity contribution in [1.82, 2.24) is 0 Å². The van der Waals surface area contributed by atoms with Crippen LogP contribution in [-0.4, -0.2) is 13.2 Å². The molecule has 0 fully saturated rings. The van der Waals surface area contributed by atoms with Gasteiger partial charge in [-0.25, -0.2) is 0 Å². The Balaban J connectivity index is 2.55. The van der Waals surface area contributed by atoms with Crippen LogP contribution in [0.15, 0.2) is 12.1 Å². The molecule has 1 aromatic rings. The summed E-state index contributed by atoms with van der Waals surface area (Å²) >= 11 is 0. The highest BCUT2D eigenvalue weighted by Crippen LogP contribution is 2.42. The predicted octanol–water partition coefficient (Wildman–Crippen LogP) is 1.78. The van der Waals surface area contributed by atoms with Crippen LogP contribution in [0.4, 0.5) is 0 Å². The molecular formula is C11H15NO2. The molecule has 0 radical (unpaired) electrons. The van der Waals surface area contributed by atoms with E-state index in [1.54, 1.807) is 7.11 Å². The van der Waals surface area contributed by atoms with Gasteiger partial charge in [0, 0.05) is 5.56 Å². The first kappa shape index (κ1) is 9.34. The van der Waals surface area contributed by atoms with Gasteiger partial charge in [0.05, 0.1) is 13.2 Å². The van der Waals surface area contributed by atoms with Crippen LogP contribution < -0.4 is 15.2 Å². The predicted molar refractivity (Wildman–Crippen MR) is 54.7 cm³/mol. The molecule has 0 amide bonds. The van der Waals surface area contributed by atoms with Crippen molar-refractivity contribution in [3.63, 3.8) is 0 Å². The second-order valence-electron chi connectivity index (χ2n) is 3.73. The molecule has 2 N–H and O–H groups in total. The summed E-state index contributed by atoms with van der Waals surface area (Å²) in [6.07, 6.45) is 0.0284. The van der Waals surface area contributed by atoms with Gasteiger partial charge < -0.3 is 15.2 Å². The first-order chi connectivity index (χ1) is 6.63. The van der Waals surface area contributed by atoms with E-state index >= 15 is 0 Å². The average molecular weight is 193 g/mol. The van der Waals surface area contributed by atoms with Crippen molar-refractivity contribution >= 4 is 0 Å². The van der Waals surface area contributed by atoms with Gasteiger partial charge in [-0.05, 0) is 25.5 Å². The van der Waals surface area contributed by atoms with E-state index in [1.165, 1.54) is 0 Å². The molecule has 3 heteroatoms. The molecule has 76 valence electrons. The normalized spacial score (nSPS) is 24.3. The number of hydrogen-bond donors (Lipinski definition) is 1. The largest absolute Gasteiger partial charge is 0.493 e. The third-order valence-corrected chi connectivity index (χ3v) is 2.62. The minimum atomic E-state index is -0.0428. The zero-order chi connectivity index (χ0) is 10.3. The van der Waals surface area contributed by atoms with Crippen LogP contribution in [0.3, 0.4) is 0 Å². The number of methoxy groups -OCH3 is 1. The molecule has 0 spiro atoms. The van der Waals surface area contributed by atoms with Gasteiger partial charge in [0.2, 0.25) is 0 Å². The summed E-state index contributed by atoms with van der Waals surface area (Å²) in [4.78, 5) is 0. The van der Waals surface area contributed by atoms with E-state index < -0.39 is 0 Å². The Labute approximate surface area is 83.8 Å². The van der Waals surface area contributed by atoms with Crippen LogP contribution in [0.1, 0.15) is 24.1 Å². The van der Waals surface area contributed by atoms with E-state index in [4.69, 9.17) is 15.2 Å². The van der Waals surface area contributed by atoms with Crippen molar-refractivity contribution in [3.8, 4) is 11.5 Å². The van der Waals surface area contributed by atoms with E-state index in [1.807, 2.05) is 19.9 Å². The Kier molecular flexibility index (Phi) is 2.11. The lowest BCUT2D eigenvalue weighted by molar-refractivity contribution is 0.220. The van der Waals surface area contributed by atoms with Crippen LogP contribution >= 0.6 is 0 Å². The van der Waals surface area contributed by atoms with Gasteiger partial charge >= 0.3 is 0 Å². The smallest absolute Gasteiger partial charge is 0.166 e. The van der Waals surface area contributed by atoms with Crippen molar-refractivity contribution in [2.24, 2.45) is 5.73 Å².